The molecule has 0 aliphatic heterocycles. The number of thioether (sulfide) groups is 1. The quantitative estimate of drug-likeness (QED) is 0.115. The van der Waals surface area contributed by atoms with Crippen LogP contribution in [0.3, 0.4) is 0 Å². The van der Waals surface area contributed by atoms with E-state index < -0.39 is 7.82 Å². The molecule has 170 valence electrons. The van der Waals surface area contributed by atoms with E-state index in [4.69, 9.17) is 24.4 Å². The Morgan fingerprint density at radius 2 is 1.14 bits per heavy atom. The topological polar surface area (TPSA) is 98.0 Å². The summed E-state index contributed by atoms with van der Waals surface area (Å²) in [5, 5.41) is 9.07. The molecule has 0 saturated heterocycles. The lowest BCUT2D eigenvalue weighted by Gasteiger charge is -2.04. The van der Waals surface area contributed by atoms with Crippen molar-refractivity contribution < 1.29 is 24.4 Å². The molecule has 0 aromatic rings. The molecule has 0 aliphatic carbocycles. The number of hydrogen-bond donors (Lipinski definition) is 4. The summed E-state index contributed by atoms with van der Waals surface area (Å²) in [6, 6.07) is 0. The number of aliphatic hydroxyl groups excluding tert-OH is 1. The van der Waals surface area contributed by atoms with Crippen LogP contribution in [0.15, 0.2) is 11.6 Å². The van der Waals surface area contributed by atoms with Gasteiger partial charge in [0.25, 0.3) is 0 Å². The van der Waals surface area contributed by atoms with E-state index in [-0.39, 0.29) is 6.61 Å². The van der Waals surface area contributed by atoms with Gasteiger partial charge in [0.1, 0.15) is 0 Å². The van der Waals surface area contributed by atoms with Crippen molar-refractivity contribution in [1.82, 2.24) is 0 Å². The van der Waals surface area contributed by atoms with Crippen LogP contribution < -0.4 is 0 Å². The summed E-state index contributed by atoms with van der Waals surface area (Å²) < 4.78 is 8.88. The maximum atomic E-state index is 9.07. The highest BCUT2D eigenvalue weighted by Crippen LogP contribution is 2.25. The number of rotatable bonds is 18. The van der Waals surface area contributed by atoms with Crippen molar-refractivity contribution in [3.05, 3.63) is 11.6 Å². The molecular formula is C21H45O5PS. The van der Waals surface area contributed by atoms with E-state index in [1.165, 1.54) is 101 Å². The van der Waals surface area contributed by atoms with Gasteiger partial charge in [-0.3, -0.25) is 0 Å². The van der Waals surface area contributed by atoms with Crippen molar-refractivity contribution >= 4 is 19.6 Å². The zero-order valence-electron chi connectivity index (χ0n) is 18.2. The lowest BCUT2D eigenvalue weighted by molar-refractivity contribution is 0.275. The zero-order valence-corrected chi connectivity index (χ0v) is 19.9. The molecule has 0 spiro atoms. The Kier molecular flexibility index (Phi) is 25.4. The molecule has 0 aromatic heterocycles. The second kappa shape index (κ2) is 23.4. The van der Waals surface area contributed by atoms with E-state index in [0.29, 0.717) is 0 Å². The summed E-state index contributed by atoms with van der Waals surface area (Å²) in [5.41, 5.74) is 1.17. The van der Waals surface area contributed by atoms with Crippen LogP contribution in [0.1, 0.15) is 104 Å². The van der Waals surface area contributed by atoms with Crippen LogP contribution in [0.4, 0.5) is 0 Å². The second-order valence-electron chi connectivity index (χ2n) is 7.27. The number of unbranched alkanes of at least 4 members (excludes halogenated alkanes) is 13. The normalized spacial score (nSPS) is 12.0. The van der Waals surface area contributed by atoms with Crippen LogP contribution in [0.5, 0.6) is 0 Å². The van der Waals surface area contributed by atoms with Crippen LogP contribution in [-0.4, -0.2) is 37.9 Å². The minimum absolute atomic E-state index is 0.224. The van der Waals surface area contributed by atoms with E-state index in [0.717, 1.165) is 5.75 Å². The van der Waals surface area contributed by atoms with Gasteiger partial charge in [0.2, 0.25) is 0 Å². The SMILES string of the molecule is C/C=C(/CO)CSCCCCCCCCCCCCCCCC.O=P(O)(O)O. The predicted octanol–water partition coefficient (Wildman–Crippen LogP) is 6.21. The standard InChI is InChI=1S/C21H42OS.H3O4P/c1-3-5-6-7-8-9-10-11-12-13-14-15-16-17-18-23-20-21(4-2)19-22;1-5(2,3)4/h4,22H,3,5-20H2,1-2H3;(H3,1,2,3,4)/b21-4-;. The Morgan fingerprint density at radius 1 is 0.786 bits per heavy atom. The highest BCUT2D eigenvalue weighted by molar-refractivity contribution is 7.99. The highest BCUT2D eigenvalue weighted by atomic mass is 32.2. The van der Waals surface area contributed by atoms with Gasteiger partial charge < -0.3 is 19.8 Å². The Morgan fingerprint density at radius 3 is 1.46 bits per heavy atom. The maximum absolute atomic E-state index is 9.07. The first-order valence-electron chi connectivity index (χ1n) is 11.0. The maximum Gasteiger partial charge on any atom is 0.466 e. The third kappa shape index (κ3) is 33.7. The van der Waals surface area contributed by atoms with E-state index in [1.54, 1.807) is 0 Å². The van der Waals surface area contributed by atoms with E-state index in [1.807, 2.05) is 24.8 Å². The molecule has 5 nitrogen and oxygen atoms in total. The van der Waals surface area contributed by atoms with Crippen LogP contribution in [0, 0.1) is 0 Å². The van der Waals surface area contributed by atoms with Gasteiger partial charge in [0.15, 0.2) is 0 Å². The lowest BCUT2D eigenvalue weighted by Crippen LogP contribution is -1.94. The molecule has 0 bridgehead atoms. The average Bonchev–Trinajstić information content (AvgIpc) is 2.63. The van der Waals surface area contributed by atoms with Gasteiger partial charge >= 0.3 is 7.82 Å². The lowest BCUT2D eigenvalue weighted by atomic mass is 10.0. The second-order valence-corrected chi connectivity index (χ2v) is 9.40. The minimum Gasteiger partial charge on any atom is -0.392 e. The van der Waals surface area contributed by atoms with Gasteiger partial charge in [-0.2, -0.15) is 11.8 Å². The molecule has 0 heterocycles. The highest BCUT2D eigenvalue weighted by Gasteiger charge is 2.00. The predicted molar refractivity (Wildman–Crippen MR) is 123 cm³/mol. The Bertz CT molecular complexity index is 377. The molecule has 0 aliphatic rings. The molecule has 28 heavy (non-hydrogen) atoms. The molecule has 0 amide bonds. The van der Waals surface area contributed by atoms with Crippen molar-refractivity contribution in [3.8, 4) is 0 Å². The number of hydrogen-bond acceptors (Lipinski definition) is 3. The van der Waals surface area contributed by atoms with Crippen molar-refractivity contribution in [3.63, 3.8) is 0 Å². The van der Waals surface area contributed by atoms with Crippen molar-refractivity contribution in [2.45, 2.75) is 104 Å². The smallest absolute Gasteiger partial charge is 0.392 e. The first-order valence-corrected chi connectivity index (χ1v) is 13.7. The van der Waals surface area contributed by atoms with Crippen LogP contribution >= 0.6 is 19.6 Å². The molecule has 0 atom stereocenters. The molecule has 0 unspecified atom stereocenters. The monoisotopic (exact) mass is 440 g/mol. The summed E-state index contributed by atoms with van der Waals surface area (Å²) >= 11 is 1.97. The van der Waals surface area contributed by atoms with E-state index in [9.17, 15) is 0 Å². The first-order chi connectivity index (χ1) is 13.3. The third-order valence-electron chi connectivity index (χ3n) is 4.54. The van der Waals surface area contributed by atoms with Gasteiger partial charge in [0, 0.05) is 5.75 Å². The summed E-state index contributed by atoms with van der Waals surface area (Å²) in [6.07, 6.45) is 22.0. The van der Waals surface area contributed by atoms with E-state index >= 15 is 0 Å². The Hall–Kier alpha value is 0.160. The largest absolute Gasteiger partial charge is 0.466 e. The van der Waals surface area contributed by atoms with Crippen LogP contribution in [0.25, 0.3) is 0 Å². The molecular weight excluding hydrogens is 395 g/mol. The van der Waals surface area contributed by atoms with Gasteiger partial charge in [-0.15, -0.1) is 0 Å². The Labute approximate surface area is 177 Å². The summed E-state index contributed by atoms with van der Waals surface area (Å²) in [5.74, 6) is 2.25. The molecule has 0 saturated carbocycles. The van der Waals surface area contributed by atoms with Crippen LogP contribution in [-0.2, 0) is 4.57 Å². The molecule has 0 fully saturated rings. The third-order valence-corrected chi connectivity index (χ3v) is 5.69. The van der Waals surface area contributed by atoms with Gasteiger partial charge in [-0.05, 0) is 24.7 Å². The van der Waals surface area contributed by atoms with Gasteiger partial charge in [-0.1, -0.05) is 96.5 Å². The first kappa shape index (κ1) is 30.4. The summed E-state index contributed by atoms with van der Waals surface area (Å²) in [6.45, 7) is 4.52. The fourth-order valence-corrected chi connectivity index (χ4v) is 3.89. The van der Waals surface area contributed by atoms with Crippen molar-refractivity contribution in [1.29, 1.82) is 0 Å². The van der Waals surface area contributed by atoms with Crippen molar-refractivity contribution in [2.75, 3.05) is 18.1 Å². The van der Waals surface area contributed by atoms with Gasteiger partial charge in [-0.25, -0.2) is 4.57 Å². The minimum atomic E-state index is -4.64. The Balaban J connectivity index is 0. The number of allylic oxidation sites excluding steroid dienone is 1. The molecule has 0 rings (SSSR count). The van der Waals surface area contributed by atoms with Gasteiger partial charge in [0.05, 0.1) is 6.61 Å². The number of aliphatic hydroxyl groups is 1. The summed E-state index contributed by atoms with van der Waals surface area (Å²) in [7, 11) is -4.64. The van der Waals surface area contributed by atoms with E-state index in [2.05, 4.69) is 6.92 Å². The summed E-state index contributed by atoms with van der Waals surface area (Å²) in [4.78, 5) is 21.6. The molecule has 4 N–H and O–H groups in total. The molecule has 7 heteroatoms. The zero-order chi connectivity index (χ0) is 21.5. The molecule has 0 aromatic carbocycles. The van der Waals surface area contributed by atoms with Crippen LogP contribution in [0.2, 0.25) is 0 Å². The fourth-order valence-electron chi connectivity index (χ4n) is 2.82. The van der Waals surface area contributed by atoms with Crippen molar-refractivity contribution in [2.24, 2.45) is 0 Å². The fraction of sp³-hybridized carbons (Fsp3) is 0.905. The molecule has 0 radical (unpaired) electrons. The average molecular weight is 441 g/mol. The number of phosphoric acid groups is 1.